The maximum absolute atomic E-state index is 5.59. The van der Waals surface area contributed by atoms with Gasteiger partial charge in [-0.05, 0) is 19.1 Å². The zero-order valence-corrected chi connectivity index (χ0v) is 7.71. The number of aromatic nitrogens is 3. The van der Waals surface area contributed by atoms with Crippen molar-refractivity contribution in [2.24, 2.45) is 5.73 Å². The second-order valence-corrected chi connectivity index (χ2v) is 2.98. The molecule has 0 aromatic carbocycles. The van der Waals surface area contributed by atoms with E-state index in [9.17, 15) is 0 Å². The van der Waals surface area contributed by atoms with Crippen molar-refractivity contribution in [1.29, 1.82) is 0 Å². The molecular weight excluding hydrogens is 180 g/mol. The van der Waals surface area contributed by atoms with Crippen molar-refractivity contribution in [1.82, 2.24) is 15.2 Å². The molecule has 2 aromatic rings. The molecule has 14 heavy (non-hydrogen) atoms. The molecule has 0 saturated carbocycles. The Morgan fingerprint density at radius 3 is 2.86 bits per heavy atom. The molecule has 2 aromatic heterocycles. The molecule has 0 fully saturated rings. The Labute approximate surface area is 81.0 Å². The highest BCUT2D eigenvalue weighted by Gasteiger charge is 2.10. The number of nitrogens with two attached hydrogens (primary N) is 1. The predicted molar refractivity (Wildman–Crippen MR) is 50.1 cm³/mol. The second-order valence-electron chi connectivity index (χ2n) is 2.98. The quantitative estimate of drug-likeness (QED) is 0.768. The highest BCUT2D eigenvalue weighted by atomic mass is 16.4. The number of hydrogen-bond acceptors (Lipinski definition) is 5. The topological polar surface area (TPSA) is 77.8 Å². The van der Waals surface area contributed by atoms with Gasteiger partial charge in [0.1, 0.15) is 0 Å². The van der Waals surface area contributed by atoms with E-state index in [0.717, 1.165) is 5.56 Å². The van der Waals surface area contributed by atoms with Gasteiger partial charge in [0.05, 0.1) is 11.6 Å². The second kappa shape index (κ2) is 3.55. The molecule has 0 aliphatic rings. The zero-order chi connectivity index (χ0) is 9.97. The summed E-state index contributed by atoms with van der Waals surface area (Å²) in [6, 6.07) is 3.42. The summed E-state index contributed by atoms with van der Waals surface area (Å²) in [5.74, 6) is 0.884. The summed E-state index contributed by atoms with van der Waals surface area (Å²) in [5, 5.41) is 7.69. The molecule has 72 valence electrons. The summed E-state index contributed by atoms with van der Waals surface area (Å²) in [6.07, 6.45) is 3.35. The minimum atomic E-state index is -0.243. The molecule has 5 nitrogen and oxygen atoms in total. The molecule has 0 radical (unpaired) electrons. The van der Waals surface area contributed by atoms with Crippen molar-refractivity contribution in [3.8, 4) is 11.5 Å². The Hall–Kier alpha value is -1.75. The van der Waals surface area contributed by atoms with Gasteiger partial charge >= 0.3 is 0 Å². The third-order valence-electron chi connectivity index (χ3n) is 1.74. The number of rotatable bonds is 2. The van der Waals surface area contributed by atoms with Gasteiger partial charge in [-0.1, -0.05) is 0 Å². The maximum Gasteiger partial charge on any atom is 0.249 e. The first-order valence-electron chi connectivity index (χ1n) is 4.27. The normalized spacial score (nSPS) is 12.7. The van der Waals surface area contributed by atoms with Crippen molar-refractivity contribution in [3.63, 3.8) is 0 Å². The molecular formula is C9H10N4O. The molecule has 0 saturated heterocycles. The third-order valence-corrected chi connectivity index (χ3v) is 1.74. The molecule has 0 aliphatic heterocycles. The minimum absolute atomic E-state index is 0.243. The van der Waals surface area contributed by atoms with Gasteiger partial charge in [-0.15, -0.1) is 10.2 Å². The average Bonchev–Trinajstić information content (AvgIpc) is 2.68. The van der Waals surface area contributed by atoms with Crippen molar-refractivity contribution < 1.29 is 4.42 Å². The average molecular weight is 190 g/mol. The van der Waals surface area contributed by atoms with E-state index in [1.807, 2.05) is 12.1 Å². The summed E-state index contributed by atoms with van der Waals surface area (Å²) in [6.45, 7) is 1.79. The first-order chi connectivity index (χ1) is 6.77. The third kappa shape index (κ3) is 1.62. The lowest BCUT2D eigenvalue weighted by atomic mass is 10.3. The van der Waals surface area contributed by atoms with E-state index in [2.05, 4.69) is 15.2 Å². The Balaban J connectivity index is 2.34. The molecule has 2 heterocycles. The summed E-state index contributed by atoms with van der Waals surface area (Å²) in [4.78, 5) is 3.96. The van der Waals surface area contributed by atoms with E-state index in [1.165, 1.54) is 0 Å². The van der Waals surface area contributed by atoms with E-state index < -0.39 is 0 Å². The van der Waals surface area contributed by atoms with Gasteiger partial charge in [0.15, 0.2) is 0 Å². The van der Waals surface area contributed by atoms with Crippen LogP contribution in [-0.2, 0) is 0 Å². The summed E-state index contributed by atoms with van der Waals surface area (Å²) >= 11 is 0. The SMILES string of the molecule is C[C@H](N)c1nnc(-c2cccnc2)o1. The van der Waals surface area contributed by atoms with Crippen LogP contribution in [0.4, 0.5) is 0 Å². The number of pyridine rings is 1. The van der Waals surface area contributed by atoms with Crippen LogP contribution < -0.4 is 5.73 Å². The van der Waals surface area contributed by atoms with Crippen molar-refractivity contribution in [2.75, 3.05) is 0 Å². The summed E-state index contributed by atoms with van der Waals surface area (Å²) in [5.41, 5.74) is 6.39. The maximum atomic E-state index is 5.59. The van der Waals surface area contributed by atoms with E-state index in [0.29, 0.717) is 11.8 Å². The number of hydrogen-bond donors (Lipinski definition) is 1. The van der Waals surface area contributed by atoms with Crippen molar-refractivity contribution in [3.05, 3.63) is 30.4 Å². The lowest BCUT2D eigenvalue weighted by Crippen LogP contribution is -2.04. The van der Waals surface area contributed by atoms with E-state index in [1.54, 1.807) is 19.3 Å². The van der Waals surface area contributed by atoms with Gasteiger partial charge in [-0.25, -0.2) is 0 Å². The van der Waals surface area contributed by atoms with Crippen LogP contribution >= 0.6 is 0 Å². The Morgan fingerprint density at radius 1 is 1.43 bits per heavy atom. The molecule has 0 amide bonds. The van der Waals surface area contributed by atoms with Crippen LogP contribution in [0.1, 0.15) is 18.9 Å². The Morgan fingerprint density at radius 2 is 2.29 bits per heavy atom. The number of nitrogens with zero attached hydrogens (tertiary/aromatic N) is 3. The fourth-order valence-electron chi connectivity index (χ4n) is 1.02. The van der Waals surface area contributed by atoms with Gasteiger partial charge in [-0.3, -0.25) is 4.98 Å². The fraction of sp³-hybridized carbons (Fsp3) is 0.222. The lowest BCUT2D eigenvalue weighted by molar-refractivity contribution is 0.473. The van der Waals surface area contributed by atoms with Gasteiger partial charge in [0.2, 0.25) is 11.8 Å². The summed E-state index contributed by atoms with van der Waals surface area (Å²) in [7, 11) is 0. The van der Waals surface area contributed by atoms with E-state index in [-0.39, 0.29) is 6.04 Å². The first kappa shape index (κ1) is 8.83. The monoisotopic (exact) mass is 190 g/mol. The predicted octanol–water partition coefficient (Wildman–Crippen LogP) is 1.15. The van der Waals surface area contributed by atoms with Crippen LogP contribution in [0.15, 0.2) is 28.9 Å². The molecule has 0 aliphatic carbocycles. The molecule has 1 atom stereocenters. The van der Waals surface area contributed by atoms with Crippen LogP contribution in [0.25, 0.3) is 11.5 Å². The Bertz CT molecular complexity index is 410. The van der Waals surface area contributed by atoms with Gasteiger partial charge in [0.25, 0.3) is 0 Å². The van der Waals surface area contributed by atoms with Crippen molar-refractivity contribution >= 4 is 0 Å². The molecule has 0 spiro atoms. The highest BCUT2D eigenvalue weighted by Crippen LogP contribution is 2.17. The van der Waals surface area contributed by atoms with E-state index in [4.69, 9.17) is 10.2 Å². The van der Waals surface area contributed by atoms with E-state index >= 15 is 0 Å². The molecule has 5 heteroatoms. The van der Waals surface area contributed by atoms with Gasteiger partial charge in [-0.2, -0.15) is 0 Å². The summed E-state index contributed by atoms with van der Waals surface area (Å²) < 4.78 is 5.34. The Kier molecular flexibility index (Phi) is 2.24. The first-order valence-corrected chi connectivity index (χ1v) is 4.27. The van der Waals surface area contributed by atoms with Crippen LogP contribution in [-0.4, -0.2) is 15.2 Å². The van der Waals surface area contributed by atoms with Crippen molar-refractivity contribution in [2.45, 2.75) is 13.0 Å². The van der Waals surface area contributed by atoms with Crippen LogP contribution in [0, 0.1) is 0 Å². The van der Waals surface area contributed by atoms with Crippen LogP contribution in [0.5, 0.6) is 0 Å². The largest absolute Gasteiger partial charge is 0.419 e. The molecule has 2 rings (SSSR count). The van der Waals surface area contributed by atoms with Gasteiger partial charge < -0.3 is 10.2 Å². The molecule has 0 unspecified atom stereocenters. The van der Waals surface area contributed by atoms with Crippen LogP contribution in [0.2, 0.25) is 0 Å². The standard InChI is InChI=1S/C9H10N4O/c1-6(10)8-12-13-9(14-8)7-3-2-4-11-5-7/h2-6H,10H2,1H3/t6-/m0/s1. The fourth-order valence-corrected chi connectivity index (χ4v) is 1.02. The highest BCUT2D eigenvalue weighted by molar-refractivity contribution is 5.49. The smallest absolute Gasteiger partial charge is 0.249 e. The molecule has 2 N–H and O–H groups in total. The van der Waals surface area contributed by atoms with Crippen LogP contribution in [0.3, 0.4) is 0 Å². The zero-order valence-electron chi connectivity index (χ0n) is 7.71. The lowest BCUT2D eigenvalue weighted by Gasteiger charge is -1.95. The van der Waals surface area contributed by atoms with Gasteiger partial charge in [0, 0.05) is 12.4 Å². The molecule has 0 bridgehead atoms. The minimum Gasteiger partial charge on any atom is -0.419 e.